The lowest BCUT2D eigenvalue weighted by molar-refractivity contribution is 0.192. The highest BCUT2D eigenvalue weighted by atomic mass is 35.5. The van der Waals surface area contributed by atoms with Crippen molar-refractivity contribution in [2.75, 3.05) is 19.8 Å². The van der Waals surface area contributed by atoms with Gasteiger partial charge in [0.2, 0.25) is 0 Å². The lowest BCUT2D eigenvalue weighted by Crippen LogP contribution is -1.99. The summed E-state index contributed by atoms with van der Waals surface area (Å²) in [6, 6.07) is 5.44. The number of nitrogens with zero attached hydrogens (tertiary/aromatic N) is 2. The van der Waals surface area contributed by atoms with Crippen LogP contribution in [0.3, 0.4) is 0 Å². The van der Waals surface area contributed by atoms with Crippen LogP contribution in [0.4, 0.5) is 0 Å². The molecule has 6 heteroatoms. The molecule has 1 atom stereocenters. The smallest absolute Gasteiger partial charge is 0.257 e. The molecule has 0 bridgehead atoms. The first-order chi connectivity index (χ1) is 9.78. The zero-order valence-corrected chi connectivity index (χ0v) is 11.9. The zero-order chi connectivity index (χ0) is 13.9. The third kappa shape index (κ3) is 2.64. The first kappa shape index (κ1) is 13.4. The summed E-state index contributed by atoms with van der Waals surface area (Å²) >= 11 is 6.16. The minimum Gasteiger partial charge on any atom is -0.492 e. The summed E-state index contributed by atoms with van der Waals surface area (Å²) in [7, 11) is 0. The Kier molecular flexibility index (Phi) is 3.89. The van der Waals surface area contributed by atoms with E-state index in [0.717, 1.165) is 18.6 Å². The summed E-state index contributed by atoms with van der Waals surface area (Å²) in [4.78, 5) is 4.42. The van der Waals surface area contributed by atoms with Crippen LogP contribution < -0.4 is 4.74 Å². The quantitative estimate of drug-likeness (QED) is 0.866. The fraction of sp³-hybridized carbons (Fsp3) is 0.429. The first-order valence-corrected chi connectivity index (χ1v) is 6.99. The van der Waals surface area contributed by atoms with Crippen LogP contribution in [0.5, 0.6) is 5.75 Å². The highest BCUT2D eigenvalue weighted by Gasteiger charge is 2.23. The van der Waals surface area contributed by atoms with Gasteiger partial charge < -0.3 is 14.0 Å². The Hall–Kier alpha value is -1.59. The molecule has 0 aliphatic carbocycles. The molecule has 0 saturated carbocycles. The molecule has 1 fully saturated rings. The van der Waals surface area contributed by atoms with Crippen LogP contribution in [0.25, 0.3) is 11.5 Å². The molecule has 3 rings (SSSR count). The second-order valence-electron chi connectivity index (χ2n) is 4.60. The molecular weight excluding hydrogens is 280 g/mol. The topological polar surface area (TPSA) is 57.4 Å². The Bertz CT molecular complexity index is 594. The maximum Gasteiger partial charge on any atom is 0.257 e. The molecule has 1 aromatic heterocycles. The monoisotopic (exact) mass is 294 g/mol. The summed E-state index contributed by atoms with van der Waals surface area (Å²) in [6.07, 6.45) is 0.934. The third-order valence-corrected chi connectivity index (χ3v) is 3.51. The van der Waals surface area contributed by atoms with Crippen LogP contribution in [0.1, 0.15) is 25.1 Å². The highest BCUT2D eigenvalue weighted by Crippen LogP contribution is 2.31. The maximum atomic E-state index is 6.16. The van der Waals surface area contributed by atoms with E-state index in [2.05, 4.69) is 10.1 Å². The van der Waals surface area contributed by atoms with Gasteiger partial charge in [0, 0.05) is 18.1 Å². The molecule has 1 aliphatic heterocycles. The number of halogens is 1. The van der Waals surface area contributed by atoms with Gasteiger partial charge in [0.15, 0.2) is 5.82 Å². The SMILES string of the molecule is CCOc1ccc(-c2nc(C3CCOC3)no2)cc1Cl. The van der Waals surface area contributed by atoms with Gasteiger partial charge in [0.25, 0.3) is 5.89 Å². The normalized spacial score (nSPS) is 18.4. The minimum absolute atomic E-state index is 0.227. The fourth-order valence-corrected chi connectivity index (χ4v) is 2.40. The summed E-state index contributed by atoms with van der Waals surface area (Å²) in [6.45, 7) is 3.90. The average molecular weight is 295 g/mol. The van der Waals surface area contributed by atoms with Crippen LogP contribution in [0, 0.1) is 0 Å². The van der Waals surface area contributed by atoms with E-state index in [1.807, 2.05) is 19.1 Å². The molecule has 5 nitrogen and oxygen atoms in total. The van der Waals surface area contributed by atoms with Crippen molar-refractivity contribution in [3.63, 3.8) is 0 Å². The molecule has 1 aromatic carbocycles. The first-order valence-electron chi connectivity index (χ1n) is 6.62. The van der Waals surface area contributed by atoms with Gasteiger partial charge in [0.05, 0.1) is 18.2 Å². The zero-order valence-electron chi connectivity index (χ0n) is 11.1. The van der Waals surface area contributed by atoms with Gasteiger partial charge in [-0.25, -0.2) is 0 Å². The number of ether oxygens (including phenoxy) is 2. The van der Waals surface area contributed by atoms with Crippen molar-refractivity contribution in [3.05, 3.63) is 29.0 Å². The summed E-state index contributed by atoms with van der Waals surface area (Å²) < 4.78 is 16.0. The van der Waals surface area contributed by atoms with E-state index in [1.165, 1.54) is 0 Å². The van der Waals surface area contributed by atoms with Crippen LogP contribution >= 0.6 is 11.6 Å². The molecule has 2 heterocycles. The second kappa shape index (κ2) is 5.81. The predicted molar refractivity (Wildman–Crippen MR) is 74.1 cm³/mol. The molecule has 0 spiro atoms. The highest BCUT2D eigenvalue weighted by molar-refractivity contribution is 6.32. The van der Waals surface area contributed by atoms with Crippen molar-refractivity contribution in [2.24, 2.45) is 0 Å². The van der Waals surface area contributed by atoms with Gasteiger partial charge in [-0.2, -0.15) is 4.98 Å². The molecule has 2 aromatic rings. The van der Waals surface area contributed by atoms with Gasteiger partial charge in [0.1, 0.15) is 5.75 Å². The lowest BCUT2D eigenvalue weighted by atomic mass is 10.1. The van der Waals surface area contributed by atoms with E-state index in [9.17, 15) is 0 Å². The van der Waals surface area contributed by atoms with Crippen LogP contribution in [0.15, 0.2) is 22.7 Å². The molecule has 1 saturated heterocycles. The molecule has 0 amide bonds. The second-order valence-corrected chi connectivity index (χ2v) is 5.00. The fourth-order valence-electron chi connectivity index (χ4n) is 2.16. The number of benzene rings is 1. The Balaban J connectivity index is 1.83. The average Bonchev–Trinajstić information content (AvgIpc) is 3.11. The van der Waals surface area contributed by atoms with Gasteiger partial charge in [-0.3, -0.25) is 0 Å². The molecule has 20 heavy (non-hydrogen) atoms. The van der Waals surface area contributed by atoms with Crippen molar-refractivity contribution in [3.8, 4) is 17.2 Å². The van der Waals surface area contributed by atoms with Crippen LogP contribution in [-0.4, -0.2) is 30.0 Å². The standard InChI is InChI=1S/C14H15ClN2O3/c1-2-19-12-4-3-9(7-11(12)15)14-16-13(17-20-14)10-5-6-18-8-10/h3-4,7,10H,2,5-6,8H2,1H3. The number of rotatable bonds is 4. The van der Waals surface area contributed by atoms with Crippen molar-refractivity contribution >= 4 is 11.6 Å². The van der Waals surface area contributed by atoms with Crippen molar-refractivity contribution in [1.82, 2.24) is 10.1 Å². The van der Waals surface area contributed by atoms with E-state index >= 15 is 0 Å². The van der Waals surface area contributed by atoms with Crippen molar-refractivity contribution < 1.29 is 14.0 Å². The van der Waals surface area contributed by atoms with E-state index < -0.39 is 0 Å². The van der Waals surface area contributed by atoms with E-state index in [4.69, 9.17) is 25.6 Å². The predicted octanol–water partition coefficient (Wildman–Crippen LogP) is 3.29. The van der Waals surface area contributed by atoms with Gasteiger partial charge in [-0.1, -0.05) is 16.8 Å². The van der Waals surface area contributed by atoms with Crippen molar-refractivity contribution in [2.45, 2.75) is 19.3 Å². The number of aromatic nitrogens is 2. The molecule has 106 valence electrons. The van der Waals surface area contributed by atoms with Gasteiger partial charge >= 0.3 is 0 Å². The van der Waals surface area contributed by atoms with Crippen LogP contribution in [-0.2, 0) is 4.74 Å². The summed E-state index contributed by atoms with van der Waals surface area (Å²) in [5.41, 5.74) is 0.788. The summed E-state index contributed by atoms with van der Waals surface area (Å²) in [5, 5.41) is 4.56. The maximum absolute atomic E-state index is 6.16. The van der Waals surface area contributed by atoms with E-state index in [0.29, 0.717) is 35.7 Å². The van der Waals surface area contributed by atoms with E-state index in [-0.39, 0.29) is 5.92 Å². The third-order valence-electron chi connectivity index (χ3n) is 3.22. The van der Waals surface area contributed by atoms with Crippen LogP contribution in [0.2, 0.25) is 5.02 Å². The largest absolute Gasteiger partial charge is 0.492 e. The molecular formula is C14H15ClN2O3. The van der Waals surface area contributed by atoms with Crippen molar-refractivity contribution in [1.29, 1.82) is 0 Å². The van der Waals surface area contributed by atoms with Gasteiger partial charge in [-0.15, -0.1) is 0 Å². The van der Waals surface area contributed by atoms with E-state index in [1.54, 1.807) is 6.07 Å². The molecule has 1 unspecified atom stereocenters. The Morgan fingerprint density at radius 3 is 3.05 bits per heavy atom. The Morgan fingerprint density at radius 1 is 1.45 bits per heavy atom. The lowest BCUT2D eigenvalue weighted by Gasteiger charge is -2.05. The molecule has 1 aliphatic rings. The molecule has 0 N–H and O–H groups in total. The number of hydrogen-bond donors (Lipinski definition) is 0. The van der Waals surface area contributed by atoms with Gasteiger partial charge in [-0.05, 0) is 31.5 Å². The Labute approximate surface area is 121 Å². The minimum atomic E-state index is 0.227. The Morgan fingerprint density at radius 2 is 2.35 bits per heavy atom. The summed E-state index contributed by atoms with van der Waals surface area (Å²) in [5.74, 6) is 2.05. The number of hydrogen-bond acceptors (Lipinski definition) is 5. The molecule has 0 radical (unpaired) electrons.